The van der Waals surface area contributed by atoms with Crippen LogP contribution in [0.5, 0.6) is 0 Å². The Morgan fingerprint density at radius 3 is 2.72 bits per heavy atom. The molecule has 1 unspecified atom stereocenters. The van der Waals surface area contributed by atoms with Crippen LogP contribution in [0.25, 0.3) is 0 Å². The molecule has 1 heterocycles. The first kappa shape index (κ1) is 15.4. The normalized spacial score (nSPS) is 13.5. The van der Waals surface area contributed by atoms with E-state index in [9.17, 15) is 8.42 Å². The molecule has 102 valence electrons. The fourth-order valence-corrected chi connectivity index (χ4v) is 2.58. The van der Waals surface area contributed by atoms with Crippen LogP contribution in [0.2, 0.25) is 0 Å². The molecule has 0 aliphatic carbocycles. The Balaban J connectivity index is 2.62. The van der Waals surface area contributed by atoms with E-state index in [-0.39, 0.29) is 11.6 Å². The van der Waals surface area contributed by atoms with E-state index in [1.807, 2.05) is 13.2 Å². The number of thioether (sulfide) groups is 1. The molecule has 1 rings (SSSR count). The molecule has 7 heteroatoms. The molecule has 1 aromatic heterocycles. The first-order chi connectivity index (χ1) is 8.49. The predicted molar refractivity (Wildman–Crippen MR) is 72.9 cm³/mol. The van der Waals surface area contributed by atoms with Crippen molar-refractivity contribution in [3.05, 3.63) is 23.9 Å². The lowest BCUT2D eigenvalue weighted by atomic mass is 10.3. The molecular formula is C11H18N2O3S2. The van der Waals surface area contributed by atoms with Crippen molar-refractivity contribution in [3.63, 3.8) is 0 Å². The van der Waals surface area contributed by atoms with Crippen LogP contribution in [0.1, 0.15) is 18.9 Å². The van der Waals surface area contributed by atoms with E-state index in [0.29, 0.717) is 17.4 Å². The number of nitrogens with one attached hydrogen (secondary N) is 1. The van der Waals surface area contributed by atoms with E-state index < -0.39 is 10.0 Å². The summed E-state index contributed by atoms with van der Waals surface area (Å²) < 4.78 is 26.2. The molecule has 0 saturated carbocycles. The van der Waals surface area contributed by atoms with Crippen LogP contribution in [0, 0.1) is 0 Å². The molecule has 18 heavy (non-hydrogen) atoms. The summed E-state index contributed by atoms with van der Waals surface area (Å²) in [4.78, 5) is 3.82. The van der Waals surface area contributed by atoms with Crippen LogP contribution in [-0.4, -0.2) is 36.6 Å². The second-order valence-electron chi connectivity index (χ2n) is 3.90. The fraction of sp³-hybridized carbons (Fsp3) is 0.545. The average molecular weight is 290 g/mol. The van der Waals surface area contributed by atoms with Crippen molar-refractivity contribution < 1.29 is 13.5 Å². The monoisotopic (exact) mass is 290 g/mol. The highest BCUT2D eigenvalue weighted by atomic mass is 32.2. The van der Waals surface area contributed by atoms with Crippen LogP contribution in [0.3, 0.4) is 0 Å². The third-order valence-electron chi connectivity index (χ3n) is 2.50. The zero-order valence-electron chi connectivity index (χ0n) is 10.5. The maximum absolute atomic E-state index is 11.9. The van der Waals surface area contributed by atoms with E-state index >= 15 is 0 Å². The van der Waals surface area contributed by atoms with Crippen molar-refractivity contribution >= 4 is 21.8 Å². The summed E-state index contributed by atoms with van der Waals surface area (Å²) in [5.74, 6) is 0. The van der Waals surface area contributed by atoms with E-state index in [1.165, 1.54) is 12.3 Å². The number of aliphatic hydroxyl groups is 1. The molecule has 0 saturated heterocycles. The number of hydrogen-bond acceptors (Lipinski definition) is 5. The SMILES string of the molecule is CSC(C)CCNS(=O)(=O)c1ccc(CO)cn1. The van der Waals surface area contributed by atoms with E-state index in [2.05, 4.69) is 9.71 Å². The molecule has 0 bridgehead atoms. The second-order valence-corrected chi connectivity index (χ2v) is 6.89. The van der Waals surface area contributed by atoms with Gasteiger partial charge in [-0.3, -0.25) is 0 Å². The van der Waals surface area contributed by atoms with Gasteiger partial charge in [-0.05, 0) is 24.3 Å². The molecule has 1 atom stereocenters. The molecule has 0 spiro atoms. The van der Waals surface area contributed by atoms with Gasteiger partial charge in [0.2, 0.25) is 0 Å². The van der Waals surface area contributed by atoms with Gasteiger partial charge >= 0.3 is 0 Å². The minimum Gasteiger partial charge on any atom is -0.392 e. The number of aliphatic hydroxyl groups excluding tert-OH is 1. The molecule has 0 fully saturated rings. The largest absolute Gasteiger partial charge is 0.392 e. The van der Waals surface area contributed by atoms with Crippen molar-refractivity contribution in [3.8, 4) is 0 Å². The zero-order valence-corrected chi connectivity index (χ0v) is 12.1. The van der Waals surface area contributed by atoms with Gasteiger partial charge < -0.3 is 5.11 Å². The van der Waals surface area contributed by atoms with Gasteiger partial charge in [0.15, 0.2) is 5.03 Å². The Bertz CT molecular complexity index is 460. The van der Waals surface area contributed by atoms with Gasteiger partial charge in [0.25, 0.3) is 10.0 Å². The lowest BCUT2D eigenvalue weighted by molar-refractivity contribution is 0.281. The van der Waals surface area contributed by atoms with Crippen LogP contribution in [0.15, 0.2) is 23.4 Å². The predicted octanol–water partition coefficient (Wildman–Crippen LogP) is 0.994. The van der Waals surface area contributed by atoms with E-state index in [1.54, 1.807) is 17.8 Å². The first-order valence-corrected chi connectivity index (χ1v) is 8.35. The van der Waals surface area contributed by atoms with Crippen LogP contribution < -0.4 is 4.72 Å². The summed E-state index contributed by atoms with van der Waals surface area (Å²) in [5, 5.41) is 9.25. The van der Waals surface area contributed by atoms with Crippen molar-refractivity contribution in [2.45, 2.75) is 30.2 Å². The lowest BCUT2D eigenvalue weighted by Crippen LogP contribution is -2.27. The average Bonchev–Trinajstić information content (AvgIpc) is 2.38. The van der Waals surface area contributed by atoms with Crippen LogP contribution in [-0.2, 0) is 16.6 Å². The number of rotatable bonds is 7. The van der Waals surface area contributed by atoms with Gasteiger partial charge in [0.1, 0.15) is 0 Å². The van der Waals surface area contributed by atoms with Gasteiger partial charge in [-0.2, -0.15) is 11.8 Å². The first-order valence-electron chi connectivity index (χ1n) is 5.58. The molecule has 2 N–H and O–H groups in total. The molecule has 0 aromatic carbocycles. The molecule has 0 amide bonds. The third-order valence-corrected chi connectivity index (χ3v) is 4.92. The molecule has 1 aromatic rings. The summed E-state index contributed by atoms with van der Waals surface area (Å²) in [6, 6.07) is 2.94. The lowest BCUT2D eigenvalue weighted by Gasteiger charge is -2.09. The minimum atomic E-state index is -3.54. The Morgan fingerprint density at radius 2 is 2.22 bits per heavy atom. The maximum Gasteiger partial charge on any atom is 0.258 e. The Morgan fingerprint density at radius 1 is 1.50 bits per heavy atom. The van der Waals surface area contributed by atoms with Crippen molar-refractivity contribution in [1.29, 1.82) is 0 Å². The fourth-order valence-electron chi connectivity index (χ4n) is 1.25. The Kier molecular flexibility index (Phi) is 6.07. The van der Waals surface area contributed by atoms with E-state index in [0.717, 1.165) is 6.42 Å². The topological polar surface area (TPSA) is 79.3 Å². The maximum atomic E-state index is 11.9. The summed E-state index contributed by atoms with van der Waals surface area (Å²) in [5.41, 5.74) is 0.588. The van der Waals surface area contributed by atoms with Crippen LogP contribution >= 0.6 is 11.8 Å². The van der Waals surface area contributed by atoms with Gasteiger partial charge in [-0.15, -0.1) is 0 Å². The standard InChI is InChI=1S/C11H18N2O3S2/c1-9(17-2)5-6-13-18(15,16)11-4-3-10(8-14)7-12-11/h3-4,7,9,13-14H,5-6,8H2,1-2H3. The van der Waals surface area contributed by atoms with Crippen molar-refractivity contribution in [2.24, 2.45) is 0 Å². The summed E-state index contributed by atoms with van der Waals surface area (Å²) >= 11 is 1.70. The highest BCUT2D eigenvalue weighted by Crippen LogP contribution is 2.10. The molecule has 0 aliphatic rings. The van der Waals surface area contributed by atoms with Gasteiger partial charge in [-0.1, -0.05) is 13.0 Å². The quantitative estimate of drug-likeness (QED) is 0.783. The second kappa shape index (κ2) is 7.08. The molecule has 0 radical (unpaired) electrons. The number of hydrogen-bond donors (Lipinski definition) is 2. The highest BCUT2D eigenvalue weighted by molar-refractivity contribution is 7.99. The van der Waals surface area contributed by atoms with Gasteiger partial charge in [-0.25, -0.2) is 18.1 Å². The van der Waals surface area contributed by atoms with E-state index in [4.69, 9.17) is 5.11 Å². The molecule has 5 nitrogen and oxygen atoms in total. The molecule has 0 aliphatic heterocycles. The minimum absolute atomic E-state index is 0.0171. The summed E-state index contributed by atoms with van der Waals surface area (Å²) in [7, 11) is -3.54. The smallest absolute Gasteiger partial charge is 0.258 e. The third kappa shape index (κ3) is 4.56. The van der Waals surface area contributed by atoms with Gasteiger partial charge in [0.05, 0.1) is 6.61 Å². The van der Waals surface area contributed by atoms with Crippen LogP contribution in [0.4, 0.5) is 0 Å². The number of aromatic nitrogens is 1. The summed E-state index contributed by atoms with van der Waals surface area (Å²) in [6.07, 6.45) is 4.13. The number of pyridine rings is 1. The van der Waals surface area contributed by atoms with Crippen molar-refractivity contribution in [2.75, 3.05) is 12.8 Å². The Hall–Kier alpha value is -0.630. The number of nitrogens with zero attached hydrogens (tertiary/aromatic N) is 1. The number of sulfonamides is 1. The summed E-state index contributed by atoms with van der Waals surface area (Å²) in [6.45, 7) is 2.30. The molecular weight excluding hydrogens is 272 g/mol. The van der Waals surface area contributed by atoms with Gasteiger partial charge in [0, 0.05) is 18.0 Å². The van der Waals surface area contributed by atoms with Crippen molar-refractivity contribution in [1.82, 2.24) is 9.71 Å². The zero-order chi connectivity index (χ0) is 13.6. The Labute approximate surface area is 112 Å². The highest BCUT2D eigenvalue weighted by Gasteiger charge is 2.15.